The molecule has 0 saturated carbocycles. The number of fused-ring (bicyclic) bond motifs is 1. The van der Waals surface area contributed by atoms with Crippen LogP contribution in [0.3, 0.4) is 0 Å². The molecule has 0 spiro atoms. The van der Waals surface area contributed by atoms with E-state index >= 15 is 0 Å². The molecule has 0 atom stereocenters. The molecule has 2 rings (SSSR count). The van der Waals surface area contributed by atoms with Gasteiger partial charge in [-0.1, -0.05) is 43.0 Å². The monoisotopic (exact) mass is 294 g/mol. The fourth-order valence-electron chi connectivity index (χ4n) is 2.60. The minimum absolute atomic E-state index is 0.128. The summed E-state index contributed by atoms with van der Waals surface area (Å²) >= 11 is 0. The van der Waals surface area contributed by atoms with E-state index < -0.39 is 5.63 Å². The lowest BCUT2D eigenvalue weighted by Crippen LogP contribution is -2.41. The maximum atomic E-state index is 12.8. The third-order valence-electron chi connectivity index (χ3n) is 3.45. The van der Waals surface area contributed by atoms with Gasteiger partial charge in [0.1, 0.15) is 0 Å². The molecule has 0 fully saturated rings. The van der Waals surface area contributed by atoms with Crippen LogP contribution in [0, 0.1) is 0 Å². The van der Waals surface area contributed by atoms with Gasteiger partial charge in [0.05, 0.1) is 10.8 Å². The molecule has 3 nitrogen and oxygen atoms in total. The molecular weight excluding hydrogens is 276 g/mol. The van der Waals surface area contributed by atoms with E-state index in [1.54, 1.807) is 37.3 Å². The first-order valence-corrected chi connectivity index (χ1v) is 7.11. The Kier molecular flexibility index (Phi) is 4.56. The van der Waals surface area contributed by atoms with Crippen LogP contribution in [0.4, 0.5) is 0 Å². The van der Waals surface area contributed by atoms with E-state index in [9.17, 15) is 9.59 Å². The van der Waals surface area contributed by atoms with Gasteiger partial charge in [0, 0.05) is 11.1 Å². The van der Waals surface area contributed by atoms with Crippen LogP contribution in [0.15, 0.2) is 51.7 Å². The highest BCUT2D eigenvalue weighted by atomic mass is 16.4. The smallest absolute Gasteiger partial charge is 0.344 e. The minimum atomic E-state index is -0.469. The Balaban J connectivity index is 3.01. The van der Waals surface area contributed by atoms with Crippen LogP contribution >= 0.6 is 0 Å². The lowest BCUT2D eigenvalue weighted by atomic mass is 10.1. The van der Waals surface area contributed by atoms with Crippen LogP contribution < -0.4 is 16.1 Å². The summed E-state index contributed by atoms with van der Waals surface area (Å²) in [6.07, 6.45) is 12.0. The van der Waals surface area contributed by atoms with Crippen molar-refractivity contribution in [3.8, 4) is 0 Å². The molecule has 1 aliphatic carbocycles. The Morgan fingerprint density at radius 3 is 2.14 bits per heavy atom. The average molecular weight is 294 g/mol. The van der Waals surface area contributed by atoms with E-state index in [-0.39, 0.29) is 5.78 Å². The van der Waals surface area contributed by atoms with Crippen LogP contribution in [0.2, 0.25) is 0 Å². The van der Waals surface area contributed by atoms with Crippen LogP contribution in [-0.2, 0) is 0 Å². The molecule has 0 unspecified atom stereocenters. The van der Waals surface area contributed by atoms with E-state index in [1.165, 1.54) is 6.08 Å². The summed E-state index contributed by atoms with van der Waals surface area (Å²) in [6.45, 7) is 9.10. The van der Waals surface area contributed by atoms with Crippen molar-refractivity contribution in [1.82, 2.24) is 0 Å². The van der Waals surface area contributed by atoms with Crippen molar-refractivity contribution in [1.29, 1.82) is 0 Å². The first kappa shape index (κ1) is 15.7. The van der Waals surface area contributed by atoms with E-state index in [0.717, 1.165) is 0 Å². The van der Waals surface area contributed by atoms with Gasteiger partial charge in [0.15, 0.2) is 11.5 Å². The van der Waals surface area contributed by atoms with Crippen LogP contribution in [0.1, 0.15) is 36.9 Å². The van der Waals surface area contributed by atoms with E-state index in [1.807, 2.05) is 19.9 Å². The van der Waals surface area contributed by atoms with E-state index in [0.29, 0.717) is 32.9 Å². The normalized spacial score (nSPS) is 16.4. The van der Waals surface area contributed by atoms with E-state index in [4.69, 9.17) is 4.42 Å². The molecule has 0 amide bonds. The molecule has 0 N–H and O–H groups in total. The van der Waals surface area contributed by atoms with Crippen molar-refractivity contribution >= 4 is 23.5 Å². The first-order chi connectivity index (χ1) is 10.6. The Labute approximate surface area is 129 Å². The quantitative estimate of drug-likeness (QED) is 0.860. The summed E-state index contributed by atoms with van der Waals surface area (Å²) in [5, 5.41) is 0.948. The van der Waals surface area contributed by atoms with Crippen molar-refractivity contribution < 1.29 is 9.21 Å². The Bertz CT molecular complexity index is 903. The summed E-state index contributed by atoms with van der Waals surface area (Å²) in [4.78, 5) is 25.0. The first-order valence-electron chi connectivity index (χ1n) is 7.11. The summed E-state index contributed by atoms with van der Waals surface area (Å²) in [7, 11) is 0. The van der Waals surface area contributed by atoms with E-state index in [2.05, 4.69) is 6.58 Å². The largest absolute Gasteiger partial charge is 0.421 e. The molecule has 0 bridgehead atoms. The van der Waals surface area contributed by atoms with Crippen molar-refractivity contribution in [2.45, 2.75) is 20.8 Å². The number of rotatable bonds is 3. The lowest BCUT2D eigenvalue weighted by Gasteiger charge is -2.00. The minimum Gasteiger partial charge on any atom is -0.421 e. The summed E-state index contributed by atoms with van der Waals surface area (Å²) < 4.78 is 5.44. The topological polar surface area (TPSA) is 47.3 Å². The van der Waals surface area contributed by atoms with Gasteiger partial charge in [-0.3, -0.25) is 4.79 Å². The van der Waals surface area contributed by atoms with Crippen molar-refractivity contribution in [3.63, 3.8) is 0 Å². The molecule has 22 heavy (non-hydrogen) atoms. The molecular formula is C19H18O3. The Morgan fingerprint density at radius 1 is 0.955 bits per heavy atom. The molecule has 0 saturated heterocycles. The van der Waals surface area contributed by atoms with Gasteiger partial charge in [-0.25, -0.2) is 4.79 Å². The zero-order valence-corrected chi connectivity index (χ0v) is 13.0. The zero-order valence-electron chi connectivity index (χ0n) is 13.0. The SMILES string of the molecule is C=C/C=c1/c(=O)oc2c(/c1=C/C)C(=O)C(/C=C\C)=C2/C=C\C. The molecule has 0 aliphatic heterocycles. The Morgan fingerprint density at radius 2 is 1.59 bits per heavy atom. The summed E-state index contributed by atoms with van der Waals surface area (Å²) in [5.41, 5.74) is 1.16. The molecule has 1 heterocycles. The number of carbonyl (C=O) groups excluding carboxylic acids is 1. The highest BCUT2D eigenvalue weighted by molar-refractivity contribution is 6.22. The third-order valence-corrected chi connectivity index (χ3v) is 3.45. The lowest BCUT2D eigenvalue weighted by molar-refractivity contribution is 0.103. The molecule has 0 aromatic carbocycles. The van der Waals surface area contributed by atoms with Gasteiger partial charge in [-0.05, 0) is 32.1 Å². The van der Waals surface area contributed by atoms with Gasteiger partial charge in [-0.15, -0.1) is 0 Å². The molecule has 112 valence electrons. The maximum absolute atomic E-state index is 12.8. The predicted molar refractivity (Wildman–Crippen MR) is 89.9 cm³/mol. The molecule has 1 aromatic heterocycles. The highest BCUT2D eigenvalue weighted by Crippen LogP contribution is 2.31. The molecule has 1 aliphatic rings. The number of Topliss-reactive ketones (excluding diaryl/α,β-unsaturated/α-hetero) is 1. The van der Waals surface area contributed by atoms with Crippen LogP contribution in [0.25, 0.3) is 17.7 Å². The van der Waals surface area contributed by atoms with Gasteiger partial charge in [-0.2, -0.15) is 0 Å². The fraction of sp³-hybridized carbons (Fsp3) is 0.158. The number of hydrogen-bond donors (Lipinski definition) is 0. The van der Waals surface area contributed by atoms with Gasteiger partial charge >= 0.3 is 5.63 Å². The fourth-order valence-corrected chi connectivity index (χ4v) is 2.60. The Hall–Kier alpha value is -2.68. The second kappa shape index (κ2) is 6.39. The van der Waals surface area contributed by atoms with Crippen molar-refractivity contribution in [3.05, 3.63) is 74.7 Å². The number of allylic oxidation sites excluding steroid dienone is 7. The van der Waals surface area contributed by atoms with Gasteiger partial charge in [0.25, 0.3) is 0 Å². The second-order valence-electron chi connectivity index (χ2n) is 4.77. The molecule has 3 heteroatoms. The van der Waals surface area contributed by atoms with Crippen molar-refractivity contribution in [2.24, 2.45) is 0 Å². The molecule has 0 radical (unpaired) electrons. The summed E-state index contributed by atoms with van der Waals surface area (Å²) in [5.74, 6) is 0.215. The van der Waals surface area contributed by atoms with Crippen LogP contribution in [0.5, 0.6) is 0 Å². The number of carbonyl (C=O) groups is 1. The maximum Gasteiger partial charge on any atom is 0.344 e. The predicted octanol–water partition coefficient (Wildman–Crippen LogP) is 2.51. The van der Waals surface area contributed by atoms with Gasteiger partial charge < -0.3 is 4.42 Å². The molecule has 1 aromatic rings. The number of hydrogen-bond acceptors (Lipinski definition) is 3. The standard InChI is InChI=1S/C19H18O3/c1-5-9-13-14(10-6-2)18-16(17(13)20)12(8-4)15(11-7-3)19(21)22-18/h5-11H,3H2,1-2,4H3/b9-5-,10-6-,12-8+,15-11+. The average Bonchev–Trinajstić information content (AvgIpc) is 2.74. The van der Waals surface area contributed by atoms with Crippen molar-refractivity contribution in [2.75, 3.05) is 0 Å². The highest BCUT2D eigenvalue weighted by Gasteiger charge is 2.31. The number of ketones is 1. The zero-order chi connectivity index (χ0) is 16.3. The van der Waals surface area contributed by atoms with Crippen LogP contribution in [-0.4, -0.2) is 5.78 Å². The van der Waals surface area contributed by atoms with Gasteiger partial charge in [0.2, 0.25) is 0 Å². The third kappa shape index (κ3) is 2.35. The second-order valence-corrected chi connectivity index (χ2v) is 4.77. The summed E-state index contributed by atoms with van der Waals surface area (Å²) in [6, 6.07) is 0.